The zero-order chi connectivity index (χ0) is 19.7. The van der Waals surface area contributed by atoms with Crippen molar-refractivity contribution >= 4 is 33.6 Å². The molecule has 2 aromatic heterocycles. The number of nitrogens with zero attached hydrogens (tertiary/aromatic N) is 3. The van der Waals surface area contributed by atoms with Gasteiger partial charge in [0.05, 0.1) is 23.5 Å². The Labute approximate surface area is 156 Å². The maximum atomic E-state index is 13.9. The lowest BCUT2D eigenvalue weighted by Gasteiger charge is -2.14. The van der Waals surface area contributed by atoms with Crippen LogP contribution in [0, 0.1) is 5.82 Å². The fourth-order valence-corrected chi connectivity index (χ4v) is 3.26. The summed E-state index contributed by atoms with van der Waals surface area (Å²) in [5, 5.41) is 1.60. The molecule has 0 saturated heterocycles. The molecule has 0 spiro atoms. The molecule has 0 aliphatic carbocycles. The second-order valence-electron chi connectivity index (χ2n) is 5.82. The number of fused-ring (bicyclic) bond motifs is 3. The van der Waals surface area contributed by atoms with Crippen LogP contribution in [0.3, 0.4) is 0 Å². The van der Waals surface area contributed by atoms with E-state index in [1.165, 1.54) is 12.1 Å². The molecule has 0 fully saturated rings. The van der Waals surface area contributed by atoms with Gasteiger partial charge in [0.15, 0.2) is 0 Å². The first-order valence-corrected chi connectivity index (χ1v) is 8.64. The first-order chi connectivity index (χ1) is 13.0. The minimum Gasteiger partial charge on any atom is -0.496 e. The second kappa shape index (κ2) is 7.11. The van der Waals surface area contributed by atoms with Crippen molar-refractivity contribution in [3.8, 4) is 16.9 Å². The number of rotatable bonds is 2. The highest BCUT2D eigenvalue weighted by Crippen LogP contribution is 2.40. The van der Waals surface area contributed by atoms with E-state index in [2.05, 4.69) is 9.97 Å². The lowest BCUT2D eigenvalue weighted by Crippen LogP contribution is -2.02. The van der Waals surface area contributed by atoms with Gasteiger partial charge in [-0.05, 0) is 30.3 Å². The summed E-state index contributed by atoms with van der Waals surface area (Å²) in [6, 6.07) is 8.18. The fourth-order valence-electron chi connectivity index (χ4n) is 3.26. The Kier molecular flexibility index (Phi) is 4.85. The van der Waals surface area contributed by atoms with E-state index in [-0.39, 0.29) is 11.8 Å². The molecule has 0 saturated carbocycles. The van der Waals surface area contributed by atoms with Crippen LogP contribution in [0.4, 0.5) is 16.2 Å². The van der Waals surface area contributed by atoms with Gasteiger partial charge >= 0.3 is 0 Å². The van der Waals surface area contributed by atoms with Crippen LogP contribution in [0.15, 0.2) is 36.5 Å². The molecule has 6 nitrogen and oxygen atoms in total. The van der Waals surface area contributed by atoms with Crippen molar-refractivity contribution in [2.24, 2.45) is 7.05 Å². The maximum Gasteiger partial charge on any atom is 0.222 e. The summed E-state index contributed by atoms with van der Waals surface area (Å²) >= 11 is 0. The highest BCUT2D eigenvalue weighted by Gasteiger charge is 2.18. The third kappa shape index (κ3) is 3.01. The molecule has 0 amide bonds. The first-order valence-electron chi connectivity index (χ1n) is 8.64. The summed E-state index contributed by atoms with van der Waals surface area (Å²) in [7, 11) is 3.47. The number of aromatic nitrogens is 3. The number of aryl methyl sites for hydroxylation is 1. The van der Waals surface area contributed by atoms with E-state index in [1.54, 1.807) is 13.2 Å². The summed E-state index contributed by atoms with van der Waals surface area (Å²) in [6.45, 7) is 4.00. The van der Waals surface area contributed by atoms with Gasteiger partial charge in [0, 0.05) is 29.8 Å². The molecule has 27 heavy (non-hydrogen) atoms. The molecule has 7 heteroatoms. The number of methoxy groups -OCH3 is 1. The van der Waals surface area contributed by atoms with Gasteiger partial charge in [-0.15, -0.1) is 0 Å². The largest absolute Gasteiger partial charge is 0.496 e. The molecule has 0 atom stereocenters. The van der Waals surface area contributed by atoms with Gasteiger partial charge in [0.2, 0.25) is 5.95 Å². The highest BCUT2D eigenvalue weighted by molar-refractivity contribution is 6.15. The number of nitrogens with two attached hydrogens (primary N) is 2. The van der Waals surface area contributed by atoms with E-state index in [0.29, 0.717) is 22.6 Å². The summed E-state index contributed by atoms with van der Waals surface area (Å²) in [5.41, 5.74) is 14.7. The SMILES string of the molecule is CC.COc1ccc(F)cc1-c1cc2nc(N)nc(N)c2c2ccn(C)c12. The predicted molar refractivity (Wildman–Crippen MR) is 108 cm³/mol. The molecular weight excluding hydrogens is 345 g/mol. The van der Waals surface area contributed by atoms with Crippen LogP contribution < -0.4 is 16.2 Å². The topological polar surface area (TPSA) is 92.0 Å². The van der Waals surface area contributed by atoms with Crippen LogP contribution in [0.2, 0.25) is 0 Å². The lowest BCUT2D eigenvalue weighted by atomic mass is 9.99. The average Bonchev–Trinajstić information content (AvgIpc) is 3.04. The normalized spacial score (nSPS) is 10.7. The van der Waals surface area contributed by atoms with E-state index in [1.807, 2.05) is 43.8 Å². The molecule has 4 N–H and O–H groups in total. The molecule has 4 aromatic rings. The van der Waals surface area contributed by atoms with E-state index < -0.39 is 0 Å². The van der Waals surface area contributed by atoms with Gasteiger partial charge in [0.25, 0.3) is 0 Å². The zero-order valence-electron chi connectivity index (χ0n) is 15.7. The second-order valence-corrected chi connectivity index (χ2v) is 5.82. The van der Waals surface area contributed by atoms with Crippen LogP contribution in [-0.4, -0.2) is 21.6 Å². The molecular formula is C20H22FN5O. The van der Waals surface area contributed by atoms with E-state index in [4.69, 9.17) is 16.2 Å². The molecule has 4 rings (SSSR count). The van der Waals surface area contributed by atoms with E-state index in [9.17, 15) is 4.39 Å². The molecule has 140 valence electrons. The van der Waals surface area contributed by atoms with Crippen molar-refractivity contribution in [1.29, 1.82) is 0 Å². The number of hydrogen-bond donors (Lipinski definition) is 2. The van der Waals surface area contributed by atoms with Crippen LogP contribution in [-0.2, 0) is 7.05 Å². The predicted octanol–water partition coefficient (Wildman–Crippen LogP) is 4.13. The third-order valence-corrected chi connectivity index (χ3v) is 4.31. The number of hydrogen-bond acceptors (Lipinski definition) is 5. The van der Waals surface area contributed by atoms with Crippen molar-refractivity contribution in [3.63, 3.8) is 0 Å². The Morgan fingerprint density at radius 3 is 2.48 bits per heavy atom. The van der Waals surface area contributed by atoms with Gasteiger partial charge in [-0.1, -0.05) is 13.8 Å². The van der Waals surface area contributed by atoms with Crippen molar-refractivity contribution < 1.29 is 9.13 Å². The Hall–Kier alpha value is -3.35. The maximum absolute atomic E-state index is 13.9. The Morgan fingerprint density at radius 1 is 1.04 bits per heavy atom. The number of ether oxygens (including phenoxy) is 1. The van der Waals surface area contributed by atoms with Gasteiger partial charge < -0.3 is 20.8 Å². The molecule has 0 bridgehead atoms. The number of benzene rings is 2. The number of nitrogen functional groups attached to an aromatic ring is 2. The summed E-state index contributed by atoms with van der Waals surface area (Å²) < 4.78 is 21.3. The highest BCUT2D eigenvalue weighted by atomic mass is 19.1. The first kappa shape index (κ1) is 18.4. The molecule has 2 heterocycles. The average molecular weight is 367 g/mol. The van der Waals surface area contributed by atoms with E-state index >= 15 is 0 Å². The van der Waals surface area contributed by atoms with Gasteiger partial charge in [-0.2, -0.15) is 4.98 Å². The van der Waals surface area contributed by atoms with Crippen LogP contribution >= 0.6 is 0 Å². The molecule has 2 aromatic carbocycles. The smallest absolute Gasteiger partial charge is 0.222 e. The Morgan fingerprint density at radius 2 is 1.78 bits per heavy atom. The standard InChI is InChI=1S/C18H16FN5O.C2H6/c1-24-6-5-10-15-13(22-18(21)23-17(15)20)8-12(16(10)24)11-7-9(19)3-4-14(11)25-2;1-2/h3-8H,1-2H3,(H4,20,21,22,23);1-2H3. The lowest BCUT2D eigenvalue weighted by molar-refractivity contribution is 0.415. The molecule has 0 radical (unpaired) electrons. The van der Waals surface area contributed by atoms with Crippen molar-refractivity contribution in [3.05, 3.63) is 42.3 Å². The molecule has 0 unspecified atom stereocenters. The molecule has 0 aliphatic heterocycles. The minimum absolute atomic E-state index is 0.0949. The van der Waals surface area contributed by atoms with Crippen LogP contribution in [0.1, 0.15) is 13.8 Å². The monoisotopic (exact) mass is 367 g/mol. The summed E-state index contributed by atoms with van der Waals surface area (Å²) in [6.07, 6.45) is 1.91. The summed E-state index contributed by atoms with van der Waals surface area (Å²) in [4.78, 5) is 8.36. The number of halogens is 1. The zero-order valence-corrected chi connectivity index (χ0v) is 15.7. The van der Waals surface area contributed by atoms with Crippen LogP contribution in [0.25, 0.3) is 32.9 Å². The minimum atomic E-state index is -0.347. The Balaban J connectivity index is 0.00000102. The third-order valence-electron chi connectivity index (χ3n) is 4.31. The van der Waals surface area contributed by atoms with Crippen molar-refractivity contribution in [1.82, 2.24) is 14.5 Å². The van der Waals surface area contributed by atoms with Crippen molar-refractivity contribution in [2.75, 3.05) is 18.6 Å². The molecule has 0 aliphatic rings. The van der Waals surface area contributed by atoms with Gasteiger partial charge in [0.1, 0.15) is 17.4 Å². The number of anilines is 2. The van der Waals surface area contributed by atoms with Gasteiger partial charge in [-0.25, -0.2) is 9.37 Å². The van der Waals surface area contributed by atoms with E-state index in [0.717, 1.165) is 21.9 Å². The fraction of sp³-hybridized carbons (Fsp3) is 0.200. The van der Waals surface area contributed by atoms with Gasteiger partial charge in [-0.3, -0.25) is 0 Å². The van der Waals surface area contributed by atoms with Crippen LogP contribution in [0.5, 0.6) is 5.75 Å². The Bertz CT molecular complexity index is 1140. The quantitative estimate of drug-likeness (QED) is 0.556. The summed E-state index contributed by atoms with van der Waals surface area (Å²) in [5.74, 6) is 0.632. The van der Waals surface area contributed by atoms with Crippen molar-refractivity contribution in [2.45, 2.75) is 13.8 Å².